The van der Waals surface area contributed by atoms with Crippen molar-refractivity contribution in [2.24, 2.45) is 10.2 Å². The average Bonchev–Trinajstić information content (AvgIpc) is 3.17. The van der Waals surface area contributed by atoms with Crippen molar-refractivity contribution >= 4 is 29.2 Å². The van der Waals surface area contributed by atoms with E-state index in [1.54, 1.807) is 18.3 Å². The summed E-state index contributed by atoms with van der Waals surface area (Å²) in [5.74, 6) is 0. The summed E-state index contributed by atoms with van der Waals surface area (Å²) in [7, 11) is 0. The number of carbonyl (C=O) groups is 1. The van der Waals surface area contributed by atoms with Crippen LogP contribution in [-0.2, 0) is 9.47 Å². The van der Waals surface area contributed by atoms with E-state index in [9.17, 15) is 4.79 Å². The van der Waals surface area contributed by atoms with E-state index in [1.165, 1.54) is 4.90 Å². The van der Waals surface area contributed by atoms with Gasteiger partial charge in [-0.2, -0.15) is 0 Å². The molecule has 130 valence electrons. The molecule has 1 atom stereocenters. The number of amidine groups is 1. The minimum atomic E-state index is -0.507. The molecule has 0 aliphatic carbocycles. The molecule has 1 aromatic carbocycles. The standard InChI is InChI=1S/C18H19N3O3S/c1-3-23-17-20-19-15(14-11-8-12-25-14)16(13-9-6-5-7-10-13)21(17)18(22)24-4-2/h5-12,16H,3-4H2,1-2H3. The van der Waals surface area contributed by atoms with Crippen LogP contribution in [0.25, 0.3) is 0 Å². The molecule has 1 amide bonds. The number of thiophene rings is 1. The van der Waals surface area contributed by atoms with Crippen molar-refractivity contribution in [2.75, 3.05) is 13.2 Å². The lowest BCUT2D eigenvalue weighted by molar-refractivity contribution is 0.111. The molecular formula is C18H19N3O3S. The summed E-state index contributed by atoms with van der Waals surface area (Å²) in [6.07, 6.45) is -0.507. The summed E-state index contributed by atoms with van der Waals surface area (Å²) in [6.45, 7) is 4.24. The zero-order valence-corrected chi connectivity index (χ0v) is 14.9. The molecule has 2 heterocycles. The third kappa shape index (κ3) is 3.56. The van der Waals surface area contributed by atoms with Gasteiger partial charge in [0.2, 0.25) is 0 Å². The minimum Gasteiger partial charge on any atom is -0.464 e. The van der Waals surface area contributed by atoms with E-state index < -0.39 is 12.1 Å². The molecular weight excluding hydrogens is 338 g/mol. The molecule has 0 radical (unpaired) electrons. The number of hydrogen-bond acceptors (Lipinski definition) is 6. The number of rotatable bonds is 4. The normalized spacial score (nSPS) is 16.9. The van der Waals surface area contributed by atoms with Crippen LogP contribution in [0.3, 0.4) is 0 Å². The molecule has 0 spiro atoms. The van der Waals surface area contributed by atoms with Gasteiger partial charge in [0.25, 0.3) is 0 Å². The highest BCUT2D eigenvalue weighted by atomic mass is 32.1. The molecule has 1 aliphatic heterocycles. The van der Waals surface area contributed by atoms with Crippen molar-refractivity contribution in [3.63, 3.8) is 0 Å². The summed E-state index contributed by atoms with van der Waals surface area (Å²) in [4.78, 5) is 15.1. The summed E-state index contributed by atoms with van der Waals surface area (Å²) >= 11 is 1.55. The molecule has 25 heavy (non-hydrogen) atoms. The summed E-state index contributed by atoms with van der Waals surface area (Å²) < 4.78 is 10.8. The Morgan fingerprint density at radius 3 is 2.56 bits per heavy atom. The Hall–Kier alpha value is -2.67. The molecule has 3 rings (SSSR count). The van der Waals surface area contributed by atoms with E-state index in [0.29, 0.717) is 12.3 Å². The Balaban J connectivity index is 2.12. The van der Waals surface area contributed by atoms with E-state index in [0.717, 1.165) is 10.4 Å². The van der Waals surface area contributed by atoms with Gasteiger partial charge in [0.05, 0.1) is 18.1 Å². The van der Waals surface area contributed by atoms with Gasteiger partial charge in [-0.25, -0.2) is 9.69 Å². The second kappa shape index (κ2) is 7.94. The minimum absolute atomic E-state index is 0.148. The molecule has 0 saturated heterocycles. The molecule has 7 heteroatoms. The van der Waals surface area contributed by atoms with Gasteiger partial charge in [-0.3, -0.25) is 0 Å². The predicted molar refractivity (Wildman–Crippen MR) is 98.0 cm³/mol. The summed E-state index contributed by atoms with van der Waals surface area (Å²) in [6, 6.07) is 13.3. The Labute approximate surface area is 150 Å². The molecule has 0 saturated carbocycles. The van der Waals surface area contributed by atoms with Crippen LogP contribution in [0.15, 0.2) is 58.0 Å². The lowest BCUT2D eigenvalue weighted by atomic mass is 9.99. The van der Waals surface area contributed by atoms with E-state index >= 15 is 0 Å². The third-order valence-corrected chi connectivity index (χ3v) is 4.49. The van der Waals surface area contributed by atoms with Gasteiger partial charge >= 0.3 is 12.1 Å². The van der Waals surface area contributed by atoms with Crippen LogP contribution in [0.5, 0.6) is 0 Å². The van der Waals surface area contributed by atoms with Crippen LogP contribution in [0.4, 0.5) is 4.79 Å². The number of ether oxygens (including phenoxy) is 2. The van der Waals surface area contributed by atoms with Crippen LogP contribution in [0.2, 0.25) is 0 Å². The SMILES string of the molecule is CCOC(=O)N1C(OCC)=NN=C(c2cccs2)C1c1ccccc1. The van der Waals surface area contributed by atoms with Crippen molar-refractivity contribution < 1.29 is 14.3 Å². The molecule has 0 bridgehead atoms. The molecule has 0 N–H and O–H groups in total. The number of carbonyl (C=O) groups excluding carboxylic acids is 1. The number of amides is 1. The number of nitrogens with zero attached hydrogens (tertiary/aromatic N) is 3. The smallest absolute Gasteiger partial charge is 0.418 e. The van der Waals surface area contributed by atoms with Gasteiger partial charge in [0.15, 0.2) is 0 Å². The Kier molecular flexibility index (Phi) is 5.45. The van der Waals surface area contributed by atoms with Gasteiger partial charge < -0.3 is 9.47 Å². The molecule has 1 aromatic heterocycles. The fourth-order valence-electron chi connectivity index (χ4n) is 2.59. The quantitative estimate of drug-likeness (QED) is 0.829. The second-order valence-electron chi connectivity index (χ2n) is 5.16. The second-order valence-corrected chi connectivity index (χ2v) is 6.11. The van der Waals surface area contributed by atoms with Crippen molar-refractivity contribution in [2.45, 2.75) is 19.9 Å². The van der Waals surface area contributed by atoms with Gasteiger partial charge in [-0.1, -0.05) is 41.5 Å². The Bertz CT molecular complexity index is 772. The van der Waals surface area contributed by atoms with Crippen molar-refractivity contribution in [1.29, 1.82) is 0 Å². The maximum absolute atomic E-state index is 12.7. The fourth-order valence-corrected chi connectivity index (χ4v) is 3.32. The topological polar surface area (TPSA) is 63.5 Å². The van der Waals surface area contributed by atoms with Crippen LogP contribution >= 0.6 is 11.3 Å². The highest BCUT2D eigenvalue weighted by molar-refractivity contribution is 7.12. The molecule has 1 unspecified atom stereocenters. The van der Waals surface area contributed by atoms with Gasteiger partial charge in [0, 0.05) is 0 Å². The van der Waals surface area contributed by atoms with Crippen molar-refractivity contribution in [1.82, 2.24) is 4.90 Å². The highest BCUT2D eigenvalue weighted by Crippen LogP contribution is 2.31. The molecule has 6 nitrogen and oxygen atoms in total. The van der Waals surface area contributed by atoms with E-state index in [1.807, 2.05) is 54.8 Å². The first kappa shape index (κ1) is 17.2. The highest BCUT2D eigenvalue weighted by Gasteiger charge is 2.39. The Morgan fingerprint density at radius 1 is 1.12 bits per heavy atom. The van der Waals surface area contributed by atoms with Gasteiger partial charge in [0.1, 0.15) is 11.8 Å². The van der Waals surface area contributed by atoms with Crippen molar-refractivity contribution in [3.8, 4) is 0 Å². The maximum atomic E-state index is 12.7. The summed E-state index contributed by atoms with van der Waals surface area (Å²) in [5, 5.41) is 10.5. The van der Waals surface area contributed by atoms with Crippen LogP contribution in [-0.4, -0.2) is 35.9 Å². The first-order valence-electron chi connectivity index (χ1n) is 8.09. The van der Waals surface area contributed by atoms with Crippen LogP contribution in [0.1, 0.15) is 30.3 Å². The van der Waals surface area contributed by atoms with Gasteiger partial charge in [-0.05, 0) is 30.9 Å². The first-order valence-corrected chi connectivity index (χ1v) is 8.97. The maximum Gasteiger partial charge on any atom is 0.418 e. The average molecular weight is 357 g/mol. The molecule has 2 aromatic rings. The van der Waals surface area contributed by atoms with E-state index in [-0.39, 0.29) is 12.6 Å². The monoisotopic (exact) mass is 357 g/mol. The first-order chi connectivity index (χ1) is 12.3. The van der Waals surface area contributed by atoms with Crippen LogP contribution < -0.4 is 0 Å². The zero-order valence-electron chi connectivity index (χ0n) is 14.1. The van der Waals surface area contributed by atoms with Crippen molar-refractivity contribution in [3.05, 3.63) is 58.3 Å². The third-order valence-electron chi connectivity index (χ3n) is 3.59. The molecule has 1 aliphatic rings. The largest absolute Gasteiger partial charge is 0.464 e. The molecule has 0 fully saturated rings. The zero-order chi connectivity index (χ0) is 17.6. The van der Waals surface area contributed by atoms with E-state index in [4.69, 9.17) is 9.47 Å². The lowest BCUT2D eigenvalue weighted by Gasteiger charge is -2.33. The fraction of sp³-hybridized carbons (Fsp3) is 0.278. The Morgan fingerprint density at radius 2 is 1.92 bits per heavy atom. The van der Waals surface area contributed by atoms with Crippen LogP contribution in [0, 0.1) is 0 Å². The summed E-state index contributed by atoms with van der Waals surface area (Å²) in [5.41, 5.74) is 1.60. The lowest BCUT2D eigenvalue weighted by Crippen LogP contribution is -2.46. The number of hydrogen-bond donors (Lipinski definition) is 0. The van der Waals surface area contributed by atoms with E-state index in [2.05, 4.69) is 10.2 Å². The predicted octanol–water partition coefficient (Wildman–Crippen LogP) is 4.06. The number of benzene rings is 1. The van der Waals surface area contributed by atoms with Gasteiger partial charge in [-0.15, -0.1) is 16.4 Å².